The predicted molar refractivity (Wildman–Crippen MR) is 86.4 cm³/mol. The molecule has 0 saturated carbocycles. The summed E-state index contributed by atoms with van der Waals surface area (Å²) >= 11 is 5.34. The van der Waals surface area contributed by atoms with Crippen LogP contribution in [0.1, 0.15) is 5.56 Å². The van der Waals surface area contributed by atoms with Gasteiger partial charge >= 0.3 is 0 Å². The Labute approximate surface area is 124 Å². The molecule has 3 N–H and O–H groups in total. The minimum Gasteiger partial charge on any atom is -0.399 e. The van der Waals surface area contributed by atoms with Crippen LogP contribution in [0.2, 0.25) is 0 Å². The van der Waals surface area contributed by atoms with E-state index in [2.05, 4.69) is 51.2 Å². The maximum atomic E-state index is 5.74. The van der Waals surface area contributed by atoms with E-state index < -0.39 is 0 Å². The van der Waals surface area contributed by atoms with E-state index in [-0.39, 0.29) is 0 Å². The summed E-state index contributed by atoms with van der Waals surface area (Å²) in [4.78, 5) is 3.42. The van der Waals surface area contributed by atoms with Crippen molar-refractivity contribution < 1.29 is 0 Å². The molecule has 3 aromatic rings. The van der Waals surface area contributed by atoms with E-state index in [1.165, 1.54) is 21.5 Å². The first-order valence-electron chi connectivity index (χ1n) is 5.97. The second-order valence-corrected chi connectivity index (χ2v) is 6.23. The van der Waals surface area contributed by atoms with E-state index in [0.29, 0.717) is 0 Å². The minimum absolute atomic E-state index is 0.784. The SMILES string of the molecule is Nc1ccc(CSc2cc3ccccc3[nH]2)c(Br)c1. The van der Waals surface area contributed by atoms with Crippen LogP contribution in [-0.2, 0) is 5.75 Å². The third-order valence-electron chi connectivity index (χ3n) is 2.97. The Morgan fingerprint density at radius 3 is 2.74 bits per heavy atom. The molecule has 0 saturated heterocycles. The van der Waals surface area contributed by atoms with Crippen molar-refractivity contribution in [2.75, 3.05) is 5.73 Å². The molecule has 19 heavy (non-hydrogen) atoms. The van der Waals surface area contributed by atoms with Crippen molar-refractivity contribution in [3.8, 4) is 0 Å². The van der Waals surface area contributed by atoms with Crippen molar-refractivity contribution in [3.63, 3.8) is 0 Å². The van der Waals surface area contributed by atoms with Gasteiger partial charge in [-0.15, -0.1) is 11.8 Å². The van der Waals surface area contributed by atoms with Gasteiger partial charge < -0.3 is 10.7 Å². The molecule has 0 unspecified atom stereocenters. The molecule has 0 bridgehead atoms. The number of para-hydroxylation sites is 1. The second kappa shape index (κ2) is 5.31. The van der Waals surface area contributed by atoms with E-state index in [1.54, 1.807) is 11.8 Å². The first kappa shape index (κ1) is 12.6. The van der Waals surface area contributed by atoms with Gasteiger partial charge in [0.2, 0.25) is 0 Å². The molecule has 4 heteroatoms. The summed E-state index contributed by atoms with van der Waals surface area (Å²) < 4.78 is 1.07. The number of hydrogen-bond donors (Lipinski definition) is 2. The van der Waals surface area contributed by atoms with Crippen LogP contribution in [0.25, 0.3) is 10.9 Å². The Hall–Kier alpha value is -1.39. The highest BCUT2D eigenvalue weighted by atomic mass is 79.9. The largest absolute Gasteiger partial charge is 0.399 e. The number of hydrogen-bond acceptors (Lipinski definition) is 2. The molecule has 2 aromatic carbocycles. The van der Waals surface area contributed by atoms with Gasteiger partial charge in [-0.3, -0.25) is 0 Å². The topological polar surface area (TPSA) is 41.8 Å². The number of thioether (sulfide) groups is 1. The standard InChI is InChI=1S/C15H13BrN2S/c16-13-8-12(17)6-5-11(13)9-19-15-7-10-3-1-2-4-14(10)18-15/h1-8,18H,9,17H2. The molecule has 0 fully saturated rings. The number of benzene rings is 2. The summed E-state index contributed by atoms with van der Waals surface area (Å²) in [7, 11) is 0. The van der Waals surface area contributed by atoms with Gasteiger partial charge in [-0.25, -0.2) is 0 Å². The lowest BCUT2D eigenvalue weighted by Crippen LogP contribution is -1.88. The Morgan fingerprint density at radius 1 is 1.11 bits per heavy atom. The van der Waals surface area contributed by atoms with Crippen LogP contribution in [0.4, 0.5) is 5.69 Å². The zero-order chi connectivity index (χ0) is 13.2. The molecule has 0 spiro atoms. The maximum Gasteiger partial charge on any atom is 0.0735 e. The van der Waals surface area contributed by atoms with Gasteiger partial charge in [0, 0.05) is 26.8 Å². The highest BCUT2D eigenvalue weighted by Gasteiger charge is 2.04. The fourth-order valence-corrected chi connectivity index (χ4v) is 3.64. The normalized spacial score (nSPS) is 11.0. The Morgan fingerprint density at radius 2 is 1.95 bits per heavy atom. The summed E-state index contributed by atoms with van der Waals surface area (Å²) in [5, 5.41) is 2.44. The number of nitrogen functional groups attached to an aromatic ring is 1. The smallest absolute Gasteiger partial charge is 0.0735 e. The number of fused-ring (bicyclic) bond motifs is 1. The van der Waals surface area contributed by atoms with Gasteiger partial charge in [0.15, 0.2) is 0 Å². The zero-order valence-corrected chi connectivity index (χ0v) is 12.6. The summed E-state index contributed by atoms with van der Waals surface area (Å²) in [6, 6.07) is 16.5. The molecule has 1 heterocycles. The van der Waals surface area contributed by atoms with Crippen LogP contribution in [0.5, 0.6) is 0 Å². The third kappa shape index (κ3) is 2.80. The summed E-state index contributed by atoms with van der Waals surface area (Å²) in [6.45, 7) is 0. The highest BCUT2D eigenvalue weighted by molar-refractivity contribution is 9.10. The highest BCUT2D eigenvalue weighted by Crippen LogP contribution is 2.29. The number of aromatic nitrogens is 1. The molecule has 3 rings (SSSR count). The minimum atomic E-state index is 0.784. The van der Waals surface area contributed by atoms with Crippen molar-refractivity contribution in [2.24, 2.45) is 0 Å². The molecule has 2 nitrogen and oxygen atoms in total. The lowest BCUT2D eigenvalue weighted by molar-refractivity contribution is 1.23. The van der Waals surface area contributed by atoms with Crippen LogP contribution < -0.4 is 5.73 Å². The summed E-state index contributed by atoms with van der Waals surface area (Å²) in [5.74, 6) is 0.910. The van der Waals surface area contributed by atoms with Crippen LogP contribution in [0.15, 0.2) is 58.0 Å². The van der Waals surface area contributed by atoms with Gasteiger partial charge in [-0.2, -0.15) is 0 Å². The van der Waals surface area contributed by atoms with Crippen molar-refractivity contribution in [3.05, 3.63) is 58.6 Å². The van der Waals surface area contributed by atoms with Crippen molar-refractivity contribution >= 4 is 44.3 Å². The van der Waals surface area contributed by atoms with Crippen LogP contribution in [0.3, 0.4) is 0 Å². The first-order valence-corrected chi connectivity index (χ1v) is 7.75. The van der Waals surface area contributed by atoms with E-state index in [0.717, 1.165) is 15.9 Å². The second-order valence-electron chi connectivity index (χ2n) is 4.36. The lowest BCUT2D eigenvalue weighted by Gasteiger charge is -2.04. The Balaban J connectivity index is 1.78. The van der Waals surface area contributed by atoms with E-state index in [4.69, 9.17) is 5.73 Å². The molecular weight excluding hydrogens is 320 g/mol. The van der Waals surface area contributed by atoms with E-state index >= 15 is 0 Å². The van der Waals surface area contributed by atoms with Gasteiger partial charge in [0.25, 0.3) is 0 Å². The monoisotopic (exact) mass is 332 g/mol. The number of anilines is 1. The molecule has 0 amide bonds. The average Bonchev–Trinajstić information content (AvgIpc) is 2.80. The summed E-state index contributed by atoms with van der Waals surface area (Å²) in [6.07, 6.45) is 0. The number of rotatable bonds is 3. The number of halogens is 1. The Bertz CT molecular complexity index is 688. The number of nitrogens with two attached hydrogens (primary N) is 1. The van der Waals surface area contributed by atoms with Crippen molar-refractivity contribution in [2.45, 2.75) is 10.8 Å². The maximum absolute atomic E-state index is 5.74. The molecule has 0 aliphatic carbocycles. The number of aromatic amines is 1. The number of H-pyrrole nitrogens is 1. The quantitative estimate of drug-likeness (QED) is 0.534. The molecule has 1 aromatic heterocycles. The first-order chi connectivity index (χ1) is 9.22. The van der Waals surface area contributed by atoms with Gasteiger partial charge in [0.1, 0.15) is 0 Å². The van der Waals surface area contributed by atoms with E-state index in [9.17, 15) is 0 Å². The predicted octanol–water partition coefficient (Wildman–Crippen LogP) is 4.80. The molecule has 0 aliphatic rings. The number of nitrogens with one attached hydrogen (secondary N) is 1. The lowest BCUT2D eigenvalue weighted by atomic mass is 10.2. The van der Waals surface area contributed by atoms with Crippen LogP contribution >= 0.6 is 27.7 Å². The third-order valence-corrected chi connectivity index (χ3v) is 4.69. The van der Waals surface area contributed by atoms with Crippen LogP contribution in [0, 0.1) is 0 Å². The Kier molecular flexibility index (Phi) is 3.53. The zero-order valence-electron chi connectivity index (χ0n) is 10.2. The van der Waals surface area contributed by atoms with Gasteiger partial charge in [-0.05, 0) is 29.8 Å². The molecule has 96 valence electrons. The molecular formula is C15H13BrN2S. The molecule has 0 aliphatic heterocycles. The van der Waals surface area contributed by atoms with E-state index in [1.807, 2.05) is 18.2 Å². The molecule has 0 atom stereocenters. The molecule has 0 radical (unpaired) electrons. The van der Waals surface area contributed by atoms with Gasteiger partial charge in [0.05, 0.1) is 5.03 Å². The summed E-state index contributed by atoms with van der Waals surface area (Å²) in [5.41, 5.74) is 8.96. The fraction of sp³-hybridized carbons (Fsp3) is 0.0667. The van der Waals surface area contributed by atoms with Gasteiger partial charge in [-0.1, -0.05) is 40.2 Å². The van der Waals surface area contributed by atoms with Crippen molar-refractivity contribution in [1.82, 2.24) is 4.98 Å². The van der Waals surface area contributed by atoms with Crippen LogP contribution in [-0.4, -0.2) is 4.98 Å². The fourth-order valence-electron chi connectivity index (χ4n) is 1.96. The average molecular weight is 333 g/mol. The van der Waals surface area contributed by atoms with Crippen molar-refractivity contribution in [1.29, 1.82) is 0 Å².